The highest BCUT2D eigenvalue weighted by molar-refractivity contribution is 5.90. The minimum Gasteiger partial charge on any atom is -0.383 e. The van der Waals surface area contributed by atoms with Crippen LogP contribution < -0.4 is 5.73 Å². The zero-order valence-electron chi connectivity index (χ0n) is 17.3. The summed E-state index contributed by atoms with van der Waals surface area (Å²) in [7, 11) is 0. The zero-order chi connectivity index (χ0) is 22.9. The summed E-state index contributed by atoms with van der Waals surface area (Å²) < 4.78 is 54.1. The van der Waals surface area contributed by atoms with E-state index in [0.29, 0.717) is 25.8 Å². The van der Waals surface area contributed by atoms with Gasteiger partial charge in [0.2, 0.25) is 5.91 Å². The maximum Gasteiger partial charge on any atom is 0.417 e. The number of rotatable bonds is 5. The second kappa shape index (κ2) is 8.76. The fraction of sp³-hybridized carbons (Fsp3) is 0.409. The average molecular weight is 449 g/mol. The number of aromatic nitrogens is 3. The summed E-state index contributed by atoms with van der Waals surface area (Å²) in [6.45, 7) is 0.462. The average Bonchev–Trinajstić information content (AvgIpc) is 3.14. The topological polar surface area (TPSA) is 87.9 Å². The maximum absolute atomic E-state index is 13.7. The van der Waals surface area contributed by atoms with Gasteiger partial charge in [-0.3, -0.25) is 9.89 Å². The van der Waals surface area contributed by atoms with Gasteiger partial charge in [-0.25, -0.2) is 9.37 Å². The number of pyridine rings is 1. The van der Waals surface area contributed by atoms with E-state index in [1.807, 2.05) is 0 Å². The number of nitrogens with one attached hydrogen (secondary N) is 1. The summed E-state index contributed by atoms with van der Waals surface area (Å²) in [6.07, 6.45) is -1.12. The van der Waals surface area contributed by atoms with Crippen molar-refractivity contribution in [2.75, 3.05) is 12.3 Å². The lowest BCUT2D eigenvalue weighted by Gasteiger charge is -2.35. The Labute approximate surface area is 181 Å². The Morgan fingerprint density at radius 1 is 1.22 bits per heavy atom. The van der Waals surface area contributed by atoms with Crippen LogP contribution in [0.25, 0.3) is 11.0 Å². The van der Waals surface area contributed by atoms with E-state index in [-0.39, 0.29) is 40.7 Å². The molecule has 1 fully saturated rings. The second-order valence-corrected chi connectivity index (χ2v) is 8.01. The molecule has 0 aliphatic carbocycles. The summed E-state index contributed by atoms with van der Waals surface area (Å²) >= 11 is 0. The number of carbonyl (C=O) groups excluding carboxylic acids is 1. The molecule has 32 heavy (non-hydrogen) atoms. The van der Waals surface area contributed by atoms with E-state index in [1.54, 1.807) is 17.0 Å². The van der Waals surface area contributed by atoms with E-state index in [4.69, 9.17) is 5.73 Å². The van der Waals surface area contributed by atoms with Crippen LogP contribution in [0.4, 0.5) is 23.4 Å². The highest BCUT2D eigenvalue weighted by Crippen LogP contribution is 2.39. The molecule has 1 aliphatic rings. The number of anilines is 1. The van der Waals surface area contributed by atoms with Crippen LogP contribution in [0.15, 0.2) is 30.3 Å². The largest absolute Gasteiger partial charge is 0.417 e. The van der Waals surface area contributed by atoms with Gasteiger partial charge in [0.25, 0.3) is 0 Å². The first-order chi connectivity index (χ1) is 15.2. The Morgan fingerprint density at radius 3 is 2.69 bits per heavy atom. The van der Waals surface area contributed by atoms with Crippen LogP contribution in [0.1, 0.15) is 55.0 Å². The Kier molecular flexibility index (Phi) is 6.03. The minimum atomic E-state index is -4.63. The molecule has 4 rings (SSSR count). The van der Waals surface area contributed by atoms with Gasteiger partial charge in [-0.2, -0.15) is 18.3 Å². The molecule has 3 aromatic rings. The van der Waals surface area contributed by atoms with Crippen molar-refractivity contribution in [2.24, 2.45) is 0 Å². The van der Waals surface area contributed by atoms with Crippen LogP contribution in [0.2, 0.25) is 0 Å². The molecule has 1 aliphatic heterocycles. The number of benzene rings is 1. The van der Waals surface area contributed by atoms with Gasteiger partial charge in [-0.1, -0.05) is 12.1 Å². The molecular weight excluding hydrogens is 426 g/mol. The van der Waals surface area contributed by atoms with Crippen molar-refractivity contribution in [1.29, 1.82) is 0 Å². The van der Waals surface area contributed by atoms with Gasteiger partial charge in [0, 0.05) is 13.0 Å². The molecule has 0 radical (unpaired) electrons. The molecule has 0 unspecified atom stereocenters. The molecule has 10 heteroatoms. The van der Waals surface area contributed by atoms with E-state index in [1.165, 1.54) is 12.1 Å². The maximum atomic E-state index is 13.7. The zero-order valence-corrected chi connectivity index (χ0v) is 17.3. The molecule has 1 atom stereocenters. The summed E-state index contributed by atoms with van der Waals surface area (Å²) in [4.78, 5) is 18.9. The lowest BCUT2D eigenvalue weighted by molar-refractivity contribution is -0.136. The number of aromatic amines is 1. The number of hydrogen-bond acceptors (Lipinski definition) is 4. The monoisotopic (exact) mass is 449 g/mol. The third-order valence-corrected chi connectivity index (χ3v) is 5.81. The number of hydrogen-bond donors (Lipinski definition) is 2. The Bertz CT molecular complexity index is 1110. The van der Waals surface area contributed by atoms with Crippen molar-refractivity contribution < 1.29 is 22.4 Å². The fourth-order valence-corrected chi connectivity index (χ4v) is 4.24. The first kappa shape index (κ1) is 22.0. The Morgan fingerprint density at radius 2 is 1.97 bits per heavy atom. The van der Waals surface area contributed by atoms with E-state index >= 15 is 0 Å². The highest BCUT2D eigenvalue weighted by Gasteiger charge is 2.37. The number of aryl methyl sites for hydroxylation is 1. The van der Waals surface area contributed by atoms with Crippen LogP contribution >= 0.6 is 0 Å². The molecule has 1 saturated heterocycles. The predicted molar refractivity (Wildman–Crippen MR) is 111 cm³/mol. The molecule has 0 bridgehead atoms. The third-order valence-electron chi connectivity index (χ3n) is 5.81. The van der Waals surface area contributed by atoms with Gasteiger partial charge in [0.05, 0.1) is 22.7 Å². The van der Waals surface area contributed by atoms with E-state index in [0.717, 1.165) is 24.5 Å². The van der Waals surface area contributed by atoms with Gasteiger partial charge >= 0.3 is 6.18 Å². The number of piperidine rings is 1. The Hall–Kier alpha value is -3.17. The summed E-state index contributed by atoms with van der Waals surface area (Å²) in [6, 6.07) is 6.54. The van der Waals surface area contributed by atoms with Crippen LogP contribution in [0, 0.1) is 5.82 Å². The lowest BCUT2D eigenvalue weighted by atomic mass is 9.96. The number of H-pyrrole nitrogens is 1. The molecule has 1 aromatic carbocycles. The lowest BCUT2D eigenvalue weighted by Crippen LogP contribution is -2.39. The summed E-state index contributed by atoms with van der Waals surface area (Å²) in [5.41, 5.74) is 5.72. The van der Waals surface area contributed by atoms with Gasteiger partial charge < -0.3 is 10.6 Å². The van der Waals surface area contributed by atoms with Gasteiger partial charge in [0.1, 0.15) is 11.6 Å². The van der Waals surface area contributed by atoms with Gasteiger partial charge in [-0.05, 0) is 55.9 Å². The van der Waals surface area contributed by atoms with E-state index in [9.17, 15) is 22.4 Å². The first-order valence-corrected chi connectivity index (χ1v) is 10.5. The van der Waals surface area contributed by atoms with Crippen molar-refractivity contribution in [3.05, 3.63) is 53.0 Å². The highest BCUT2D eigenvalue weighted by atomic mass is 19.4. The van der Waals surface area contributed by atoms with Crippen LogP contribution in [-0.2, 0) is 17.4 Å². The quantitative estimate of drug-likeness (QED) is 0.549. The van der Waals surface area contributed by atoms with Crippen LogP contribution in [0.3, 0.4) is 0 Å². The van der Waals surface area contributed by atoms with Crippen molar-refractivity contribution >= 4 is 22.8 Å². The summed E-state index contributed by atoms with van der Waals surface area (Å²) in [5.74, 6) is -0.639. The number of carbonyl (C=O) groups is 1. The molecule has 3 heterocycles. The molecule has 0 spiro atoms. The van der Waals surface area contributed by atoms with Crippen molar-refractivity contribution in [1.82, 2.24) is 20.1 Å². The predicted octanol–water partition coefficient (Wildman–Crippen LogP) is 4.77. The standard InChI is InChI=1S/C22H23F4N5O/c23-14-9-7-13(8-10-14)4-3-6-18(32)31-11-2-1-5-17(31)16-12-15(22(24,25)26)19-20(27)29-30-21(19)28-16/h7-10,12,17H,1-6,11H2,(H3,27,28,29,30)/t17-/m0/s1. The molecule has 1 amide bonds. The smallest absolute Gasteiger partial charge is 0.383 e. The van der Waals surface area contributed by atoms with Gasteiger partial charge in [0.15, 0.2) is 5.65 Å². The van der Waals surface area contributed by atoms with Crippen LogP contribution in [-0.4, -0.2) is 32.5 Å². The second-order valence-electron chi connectivity index (χ2n) is 8.01. The molecular formula is C22H23F4N5O. The SMILES string of the molecule is Nc1[nH]nc2nc([C@@H]3CCCCN3C(=O)CCCc3ccc(F)cc3)cc(C(F)(F)F)c12. The number of nitrogens with two attached hydrogens (primary N) is 1. The van der Waals surface area contributed by atoms with Crippen molar-refractivity contribution in [3.8, 4) is 0 Å². The Balaban J connectivity index is 1.54. The molecule has 0 saturated carbocycles. The number of alkyl halides is 3. The number of amides is 1. The molecule has 170 valence electrons. The molecule has 6 nitrogen and oxygen atoms in total. The van der Waals surface area contributed by atoms with E-state index in [2.05, 4.69) is 15.2 Å². The molecule has 2 aromatic heterocycles. The van der Waals surface area contributed by atoms with Gasteiger partial charge in [-0.15, -0.1) is 0 Å². The minimum absolute atomic E-state index is 0.110. The third kappa shape index (κ3) is 4.53. The number of nitrogen functional groups attached to an aromatic ring is 1. The first-order valence-electron chi connectivity index (χ1n) is 10.5. The molecule has 3 N–H and O–H groups in total. The number of halogens is 4. The van der Waals surface area contributed by atoms with E-state index < -0.39 is 17.8 Å². The summed E-state index contributed by atoms with van der Waals surface area (Å²) in [5, 5.41) is 5.92. The van der Waals surface area contributed by atoms with Crippen molar-refractivity contribution in [2.45, 2.75) is 50.7 Å². The number of fused-ring (bicyclic) bond motifs is 1. The number of likely N-dealkylation sites (tertiary alicyclic amines) is 1. The van der Waals surface area contributed by atoms with Crippen molar-refractivity contribution in [3.63, 3.8) is 0 Å². The number of nitrogens with zero attached hydrogens (tertiary/aromatic N) is 3. The van der Waals surface area contributed by atoms with Crippen LogP contribution in [0.5, 0.6) is 0 Å². The fourth-order valence-electron chi connectivity index (χ4n) is 4.24. The normalized spacial score (nSPS) is 17.1.